The highest BCUT2D eigenvalue weighted by molar-refractivity contribution is 6.13. The molecule has 1 aliphatic carbocycles. The lowest BCUT2D eigenvalue weighted by Crippen LogP contribution is -2.43. The summed E-state index contributed by atoms with van der Waals surface area (Å²) in [5, 5.41) is 2.93. The molecule has 1 saturated carbocycles. The summed E-state index contributed by atoms with van der Waals surface area (Å²) in [6, 6.07) is 7.72. The Balaban J connectivity index is 1.69. The Morgan fingerprint density at radius 3 is 2.36 bits per heavy atom. The van der Waals surface area contributed by atoms with Crippen molar-refractivity contribution in [3.05, 3.63) is 29.8 Å². The molecule has 1 aliphatic heterocycles. The van der Waals surface area contributed by atoms with E-state index >= 15 is 0 Å². The fourth-order valence-corrected chi connectivity index (χ4v) is 3.21. The quantitative estimate of drug-likeness (QED) is 0.872. The zero-order valence-electron chi connectivity index (χ0n) is 13.2. The van der Waals surface area contributed by atoms with E-state index in [1.54, 1.807) is 0 Å². The largest absolute Gasteiger partial charge is 0.342 e. The minimum absolute atomic E-state index is 0.0413. The Morgan fingerprint density at radius 2 is 1.77 bits per heavy atom. The monoisotopic (exact) mass is 300 g/mol. The maximum absolute atomic E-state index is 12.8. The van der Waals surface area contributed by atoms with E-state index in [-0.39, 0.29) is 11.8 Å². The summed E-state index contributed by atoms with van der Waals surface area (Å²) in [6.45, 7) is 3.60. The van der Waals surface area contributed by atoms with Gasteiger partial charge in [-0.2, -0.15) is 0 Å². The number of likely N-dealkylation sites (tertiary alicyclic amines) is 1. The van der Waals surface area contributed by atoms with Gasteiger partial charge in [-0.3, -0.25) is 9.59 Å². The van der Waals surface area contributed by atoms with E-state index in [0.717, 1.165) is 37.2 Å². The predicted molar refractivity (Wildman–Crippen MR) is 86.5 cm³/mol. The third kappa shape index (κ3) is 3.01. The van der Waals surface area contributed by atoms with Crippen molar-refractivity contribution in [2.75, 3.05) is 18.4 Å². The number of nitrogens with one attached hydrogen (secondary N) is 1. The highest BCUT2D eigenvalue weighted by Crippen LogP contribution is 2.48. The van der Waals surface area contributed by atoms with Gasteiger partial charge in [0.05, 0.1) is 0 Å². The van der Waals surface area contributed by atoms with Crippen LogP contribution in [0.25, 0.3) is 0 Å². The molecule has 118 valence electrons. The van der Waals surface area contributed by atoms with Crippen molar-refractivity contribution in [1.29, 1.82) is 0 Å². The summed E-state index contributed by atoms with van der Waals surface area (Å²) < 4.78 is 0. The molecule has 22 heavy (non-hydrogen) atoms. The SMILES string of the molecule is Cc1cccc(NC(=O)C2(C(=O)N3CCCCCC3)CC2)c1. The van der Waals surface area contributed by atoms with Gasteiger partial charge in [-0.05, 0) is 50.3 Å². The van der Waals surface area contributed by atoms with E-state index in [2.05, 4.69) is 5.32 Å². The average Bonchev–Trinajstić information content (AvgIpc) is 3.32. The molecule has 2 aliphatic rings. The van der Waals surface area contributed by atoms with Gasteiger partial charge >= 0.3 is 0 Å². The topological polar surface area (TPSA) is 49.4 Å². The molecule has 1 saturated heterocycles. The van der Waals surface area contributed by atoms with E-state index in [1.807, 2.05) is 36.1 Å². The van der Waals surface area contributed by atoms with Crippen molar-refractivity contribution < 1.29 is 9.59 Å². The number of nitrogens with zero attached hydrogens (tertiary/aromatic N) is 1. The van der Waals surface area contributed by atoms with Gasteiger partial charge in [-0.15, -0.1) is 0 Å². The number of carbonyl (C=O) groups is 2. The van der Waals surface area contributed by atoms with Crippen LogP contribution in [0.5, 0.6) is 0 Å². The number of carbonyl (C=O) groups excluding carboxylic acids is 2. The molecule has 2 amide bonds. The minimum atomic E-state index is -0.798. The van der Waals surface area contributed by atoms with Gasteiger partial charge in [0.25, 0.3) is 0 Å². The normalized spacial score (nSPS) is 20.1. The highest BCUT2D eigenvalue weighted by atomic mass is 16.2. The molecule has 0 unspecified atom stereocenters. The van der Waals surface area contributed by atoms with Crippen molar-refractivity contribution in [2.45, 2.75) is 45.4 Å². The molecule has 4 nitrogen and oxygen atoms in total. The number of amides is 2. The molecule has 0 aromatic heterocycles. The van der Waals surface area contributed by atoms with Gasteiger partial charge in [-0.1, -0.05) is 25.0 Å². The Morgan fingerprint density at radius 1 is 1.09 bits per heavy atom. The first kappa shape index (κ1) is 15.1. The predicted octanol–water partition coefficient (Wildman–Crippen LogP) is 3.12. The first-order valence-corrected chi connectivity index (χ1v) is 8.29. The van der Waals surface area contributed by atoms with Gasteiger partial charge in [0.1, 0.15) is 5.41 Å². The molecule has 1 heterocycles. The van der Waals surface area contributed by atoms with Gasteiger partial charge in [0.2, 0.25) is 11.8 Å². The summed E-state index contributed by atoms with van der Waals surface area (Å²) in [5.41, 5.74) is 1.08. The second kappa shape index (κ2) is 6.11. The molecular formula is C18H24N2O2. The Labute approximate surface area is 131 Å². The van der Waals surface area contributed by atoms with Crippen LogP contribution in [0, 0.1) is 12.3 Å². The molecule has 1 aromatic rings. The number of anilines is 1. The maximum atomic E-state index is 12.8. The molecule has 3 rings (SSSR count). The van der Waals surface area contributed by atoms with Crippen molar-refractivity contribution in [1.82, 2.24) is 4.90 Å². The lowest BCUT2D eigenvalue weighted by atomic mass is 10.0. The summed E-state index contributed by atoms with van der Waals surface area (Å²) in [5.74, 6) is -0.0908. The highest BCUT2D eigenvalue weighted by Gasteiger charge is 2.57. The van der Waals surface area contributed by atoms with Gasteiger partial charge < -0.3 is 10.2 Å². The van der Waals surface area contributed by atoms with Crippen molar-refractivity contribution in [2.24, 2.45) is 5.41 Å². The Hall–Kier alpha value is -1.84. The zero-order valence-corrected chi connectivity index (χ0v) is 13.2. The molecule has 2 fully saturated rings. The lowest BCUT2D eigenvalue weighted by Gasteiger charge is -2.25. The van der Waals surface area contributed by atoms with E-state index < -0.39 is 5.41 Å². The van der Waals surface area contributed by atoms with Crippen LogP contribution >= 0.6 is 0 Å². The number of rotatable bonds is 3. The summed E-state index contributed by atoms with van der Waals surface area (Å²) in [6.07, 6.45) is 5.85. The van der Waals surface area contributed by atoms with Crippen LogP contribution in [0.4, 0.5) is 5.69 Å². The minimum Gasteiger partial charge on any atom is -0.342 e. The third-order valence-corrected chi connectivity index (χ3v) is 4.76. The van der Waals surface area contributed by atoms with Crippen LogP contribution in [0.2, 0.25) is 0 Å². The summed E-state index contributed by atoms with van der Waals surface area (Å²) in [7, 11) is 0. The molecular weight excluding hydrogens is 276 g/mol. The van der Waals surface area contributed by atoms with Crippen LogP contribution in [0.15, 0.2) is 24.3 Å². The number of hydrogen-bond acceptors (Lipinski definition) is 2. The Bertz CT molecular complexity index is 570. The molecule has 0 bridgehead atoms. The fourth-order valence-electron chi connectivity index (χ4n) is 3.21. The van der Waals surface area contributed by atoms with Gasteiger partial charge in [-0.25, -0.2) is 0 Å². The smallest absolute Gasteiger partial charge is 0.240 e. The van der Waals surface area contributed by atoms with E-state index in [0.29, 0.717) is 12.8 Å². The summed E-state index contributed by atoms with van der Waals surface area (Å²) in [4.78, 5) is 27.3. The van der Waals surface area contributed by atoms with E-state index in [4.69, 9.17) is 0 Å². The van der Waals surface area contributed by atoms with Crippen molar-refractivity contribution in [3.63, 3.8) is 0 Å². The second-order valence-electron chi connectivity index (χ2n) is 6.61. The fraction of sp³-hybridized carbons (Fsp3) is 0.556. The average molecular weight is 300 g/mol. The molecule has 0 atom stereocenters. The Kier molecular flexibility index (Phi) is 4.19. The number of benzene rings is 1. The van der Waals surface area contributed by atoms with Crippen molar-refractivity contribution in [3.8, 4) is 0 Å². The maximum Gasteiger partial charge on any atom is 0.240 e. The van der Waals surface area contributed by atoms with Crippen LogP contribution < -0.4 is 5.32 Å². The summed E-state index contributed by atoms with van der Waals surface area (Å²) >= 11 is 0. The van der Waals surface area contributed by atoms with Crippen LogP contribution in [0.3, 0.4) is 0 Å². The molecule has 1 aromatic carbocycles. The first-order valence-electron chi connectivity index (χ1n) is 8.29. The first-order chi connectivity index (χ1) is 10.6. The van der Waals surface area contributed by atoms with Crippen molar-refractivity contribution >= 4 is 17.5 Å². The van der Waals surface area contributed by atoms with Crippen LogP contribution in [-0.2, 0) is 9.59 Å². The zero-order chi connectivity index (χ0) is 15.6. The van der Waals surface area contributed by atoms with E-state index in [9.17, 15) is 9.59 Å². The van der Waals surface area contributed by atoms with Crippen LogP contribution in [-0.4, -0.2) is 29.8 Å². The van der Waals surface area contributed by atoms with Gasteiger partial charge in [0.15, 0.2) is 0 Å². The molecule has 0 radical (unpaired) electrons. The third-order valence-electron chi connectivity index (χ3n) is 4.76. The standard InChI is InChI=1S/C18H24N2O2/c1-14-7-6-8-15(13-14)19-16(21)18(9-10-18)17(22)20-11-4-2-3-5-12-20/h6-8,13H,2-5,9-12H2,1H3,(H,19,21). The van der Waals surface area contributed by atoms with Gasteiger partial charge in [0, 0.05) is 18.8 Å². The number of hydrogen-bond donors (Lipinski definition) is 1. The van der Waals surface area contributed by atoms with E-state index in [1.165, 1.54) is 12.8 Å². The molecule has 4 heteroatoms. The molecule has 0 spiro atoms. The number of aryl methyl sites for hydroxylation is 1. The van der Waals surface area contributed by atoms with Crippen LogP contribution in [0.1, 0.15) is 44.1 Å². The second-order valence-corrected chi connectivity index (χ2v) is 6.61. The molecule has 1 N–H and O–H groups in total. The lowest BCUT2D eigenvalue weighted by molar-refractivity contribution is -0.142.